The van der Waals surface area contributed by atoms with Crippen LogP contribution in [-0.4, -0.2) is 22.9 Å². The molecule has 2 aromatic heterocycles. The lowest BCUT2D eigenvalue weighted by atomic mass is 10.2. The molecule has 7 nitrogen and oxygen atoms in total. The molecule has 0 saturated heterocycles. The molecular formula is C16H11N3O4S. The van der Waals surface area contributed by atoms with Gasteiger partial charge in [0.1, 0.15) is 5.01 Å². The number of furan rings is 1. The Morgan fingerprint density at radius 3 is 2.96 bits per heavy atom. The Balaban J connectivity index is 1.44. The molecule has 120 valence electrons. The van der Waals surface area contributed by atoms with E-state index < -0.39 is 0 Å². The zero-order valence-electron chi connectivity index (χ0n) is 12.3. The Morgan fingerprint density at radius 1 is 1.17 bits per heavy atom. The summed E-state index contributed by atoms with van der Waals surface area (Å²) >= 11 is 1.26. The van der Waals surface area contributed by atoms with Crippen molar-refractivity contribution < 1.29 is 18.7 Å². The topological polar surface area (TPSA) is 86.5 Å². The average Bonchev–Trinajstić information content (AvgIpc) is 3.33. The minimum absolute atomic E-state index is 0.225. The maximum atomic E-state index is 11.9. The highest BCUT2D eigenvalue weighted by molar-refractivity contribution is 7.16. The molecular weight excluding hydrogens is 330 g/mol. The Morgan fingerprint density at radius 2 is 2.08 bits per heavy atom. The van der Waals surface area contributed by atoms with Crippen molar-refractivity contribution in [2.24, 2.45) is 0 Å². The molecule has 8 heteroatoms. The number of fused-ring (bicyclic) bond motifs is 1. The van der Waals surface area contributed by atoms with Gasteiger partial charge in [-0.05, 0) is 35.9 Å². The van der Waals surface area contributed by atoms with E-state index in [1.54, 1.807) is 12.1 Å². The highest BCUT2D eigenvalue weighted by Gasteiger charge is 2.13. The van der Waals surface area contributed by atoms with Crippen molar-refractivity contribution in [2.45, 2.75) is 0 Å². The van der Waals surface area contributed by atoms with E-state index >= 15 is 0 Å². The fraction of sp³-hybridized carbons (Fsp3) is 0.0625. The van der Waals surface area contributed by atoms with Gasteiger partial charge in [-0.25, -0.2) is 0 Å². The molecule has 0 atom stereocenters. The zero-order valence-corrected chi connectivity index (χ0v) is 13.1. The van der Waals surface area contributed by atoms with Gasteiger partial charge in [-0.3, -0.25) is 10.1 Å². The van der Waals surface area contributed by atoms with Gasteiger partial charge in [0.05, 0.1) is 6.26 Å². The van der Waals surface area contributed by atoms with E-state index in [9.17, 15) is 4.79 Å². The molecule has 0 spiro atoms. The van der Waals surface area contributed by atoms with Crippen molar-refractivity contribution in [3.63, 3.8) is 0 Å². The van der Waals surface area contributed by atoms with Crippen LogP contribution in [0.1, 0.15) is 21.1 Å². The lowest BCUT2D eigenvalue weighted by Gasteiger charge is -1.97. The molecule has 3 aromatic rings. The lowest BCUT2D eigenvalue weighted by molar-refractivity contribution is 0.0996. The first-order valence-electron chi connectivity index (χ1n) is 7.04. The van der Waals surface area contributed by atoms with Crippen molar-refractivity contribution >= 4 is 34.5 Å². The summed E-state index contributed by atoms with van der Waals surface area (Å²) in [5.74, 6) is 1.33. The second-order valence-corrected chi connectivity index (χ2v) is 5.83. The molecule has 1 aliphatic rings. The van der Waals surface area contributed by atoms with Crippen LogP contribution < -0.4 is 14.8 Å². The monoisotopic (exact) mass is 341 g/mol. The van der Waals surface area contributed by atoms with Gasteiger partial charge in [-0.1, -0.05) is 23.5 Å². The van der Waals surface area contributed by atoms with Gasteiger partial charge < -0.3 is 13.9 Å². The number of hydrogen-bond donors (Lipinski definition) is 1. The molecule has 1 aliphatic heterocycles. The highest BCUT2D eigenvalue weighted by atomic mass is 32.1. The molecule has 0 bridgehead atoms. The van der Waals surface area contributed by atoms with Gasteiger partial charge in [0.15, 0.2) is 17.3 Å². The van der Waals surface area contributed by atoms with Gasteiger partial charge in [0.25, 0.3) is 5.91 Å². The Bertz CT molecular complexity index is 902. The number of carbonyl (C=O) groups is 1. The van der Waals surface area contributed by atoms with Gasteiger partial charge in [0.2, 0.25) is 11.9 Å². The van der Waals surface area contributed by atoms with Gasteiger partial charge in [-0.15, -0.1) is 10.2 Å². The first kappa shape index (κ1) is 14.5. The smallest absolute Gasteiger partial charge is 0.293 e. The van der Waals surface area contributed by atoms with Gasteiger partial charge in [-0.2, -0.15) is 0 Å². The summed E-state index contributed by atoms with van der Waals surface area (Å²) in [6.07, 6.45) is 5.15. The van der Waals surface area contributed by atoms with Crippen molar-refractivity contribution in [2.75, 3.05) is 12.1 Å². The van der Waals surface area contributed by atoms with Gasteiger partial charge in [0, 0.05) is 0 Å². The summed E-state index contributed by atoms with van der Waals surface area (Å²) in [6, 6.07) is 8.90. The second-order valence-electron chi connectivity index (χ2n) is 4.82. The summed E-state index contributed by atoms with van der Waals surface area (Å²) in [6.45, 7) is 0.248. The van der Waals surface area contributed by atoms with E-state index in [-0.39, 0.29) is 18.5 Å². The fourth-order valence-electron chi connectivity index (χ4n) is 2.10. The Hall–Kier alpha value is -3.13. The molecule has 0 radical (unpaired) electrons. The first-order valence-corrected chi connectivity index (χ1v) is 7.86. The second kappa shape index (κ2) is 6.17. The average molecular weight is 341 g/mol. The van der Waals surface area contributed by atoms with E-state index in [2.05, 4.69) is 15.5 Å². The molecule has 24 heavy (non-hydrogen) atoms. The van der Waals surface area contributed by atoms with Crippen LogP contribution in [0.5, 0.6) is 11.5 Å². The molecule has 0 saturated carbocycles. The number of nitrogens with zero attached hydrogens (tertiary/aromatic N) is 2. The summed E-state index contributed by atoms with van der Waals surface area (Å²) < 4.78 is 15.6. The zero-order chi connectivity index (χ0) is 16.4. The third-order valence-corrected chi connectivity index (χ3v) is 4.02. The number of hydrogen-bond acceptors (Lipinski definition) is 7. The van der Waals surface area contributed by atoms with Crippen LogP contribution in [0.15, 0.2) is 41.0 Å². The Labute approximate surface area is 140 Å². The standard InChI is InChI=1S/C16H11N3O4S/c20-15(12-2-1-7-21-12)17-16-19-18-14(24-16)6-4-10-3-5-11-13(8-10)23-9-22-11/h1-8H,9H2,(H,17,19,20). The molecule has 1 amide bonds. The van der Waals surface area contributed by atoms with Crippen LogP contribution >= 0.6 is 11.3 Å². The normalized spacial score (nSPS) is 12.7. The van der Waals surface area contributed by atoms with Crippen LogP contribution in [-0.2, 0) is 0 Å². The van der Waals surface area contributed by atoms with E-state index in [1.807, 2.05) is 30.4 Å². The number of rotatable bonds is 4. The SMILES string of the molecule is O=C(Nc1nnc(C=Cc2ccc3c(c2)OCO3)s1)c1ccco1. The van der Waals surface area contributed by atoms with Crippen LogP contribution in [0.4, 0.5) is 5.13 Å². The summed E-state index contributed by atoms with van der Waals surface area (Å²) in [5.41, 5.74) is 0.954. The van der Waals surface area contributed by atoms with Crippen molar-refractivity contribution in [3.8, 4) is 11.5 Å². The minimum Gasteiger partial charge on any atom is -0.459 e. The maximum absolute atomic E-state index is 11.9. The quantitative estimate of drug-likeness (QED) is 0.784. The predicted molar refractivity (Wildman–Crippen MR) is 88.1 cm³/mol. The molecule has 1 N–H and O–H groups in total. The number of aromatic nitrogens is 2. The van der Waals surface area contributed by atoms with Crippen molar-refractivity contribution in [1.29, 1.82) is 0 Å². The van der Waals surface area contributed by atoms with Crippen LogP contribution in [0.3, 0.4) is 0 Å². The van der Waals surface area contributed by atoms with Crippen LogP contribution in [0.25, 0.3) is 12.2 Å². The largest absolute Gasteiger partial charge is 0.459 e. The van der Waals surface area contributed by atoms with Gasteiger partial charge >= 0.3 is 0 Å². The van der Waals surface area contributed by atoms with E-state index in [4.69, 9.17) is 13.9 Å². The highest BCUT2D eigenvalue weighted by Crippen LogP contribution is 2.33. The van der Waals surface area contributed by atoms with Crippen molar-refractivity contribution in [3.05, 3.63) is 52.9 Å². The molecule has 1 aromatic carbocycles. The maximum Gasteiger partial charge on any atom is 0.293 e. The first-order chi connectivity index (χ1) is 11.8. The van der Waals surface area contributed by atoms with Crippen LogP contribution in [0, 0.1) is 0 Å². The molecule has 0 fully saturated rings. The molecule has 0 unspecified atom stereocenters. The third kappa shape index (κ3) is 2.99. The summed E-state index contributed by atoms with van der Waals surface area (Å²) in [7, 11) is 0. The van der Waals surface area contributed by atoms with E-state index in [0.717, 1.165) is 17.1 Å². The third-order valence-electron chi connectivity index (χ3n) is 3.22. The predicted octanol–water partition coefficient (Wildman–Crippen LogP) is 3.28. The molecule has 4 rings (SSSR count). The number of amides is 1. The lowest BCUT2D eigenvalue weighted by Crippen LogP contribution is -2.10. The number of anilines is 1. The van der Waals surface area contributed by atoms with Crippen molar-refractivity contribution in [1.82, 2.24) is 10.2 Å². The molecule has 3 heterocycles. The number of carbonyl (C=O) groups excluding carboxylic acids is 1. The summed E-state index contributed by atoms with van der Waals surface area (Å²) in [4.78, 5) is 11.9. The number of benzene rings is 1. The summed E-state index contributed by atoms with van der Waals surface area (Å²) in [5, 5.41) is 11.7. The number of ether oxygens (including phenoxy) is 2. The van der Waals surface area contributed by atoms with E-state index in [0.29, 0.717) is 10.1 Å². The number of nitrogens with one attached hydrogen (secondary N) is 1. The minimum atomic E-state index is -0.359. The Kier molecular flexibility index (Phi) is 3.72. The fourth-order valence-corrected chi connectivity index (χ4v) is 2.74. The molecule has 0 aliphatic carbocycles. The van der Waals surface area contributed by atoms with E-state index in [1.165, 1.54) is 17.6 Å². The van der Waals surface area contributed by atoms with Crippen LogP contribution in [0.2, 0.25) is 0 Å².